The van der Waals surface area contributed by atoms with Gasteiger partial charge in [0.05, 0.1) is 11.5 Å². The van der Waals surface area contributed by atoms with E-state index in [1.54, 1.807) is 6.92 Å². The fraction of sp³-hybridized carbons (Fsp3) is 0.308. The smallest absolute Gasteiger partial charge is 0.249 e. The summed E-state index contributed by atoms with van der Waals surface area (Å²) < 4.78 is 25.9. The average molecular weight is 298 g/mol. The van der Waals surface area contributed by atoms with Crippen molar-refractivity contribution in [2.24, 2.45) is 5.73 Å². The van der Waals surface area contributed by atoms with Crippen LogP contribution in [0.1, 0.15) is 15.9 Å². The minimum Gasteiger partial charge on any atom is -0.395 e. The Labute approximate surface area is 118 Å². The zero-order valence-electron chi connectivity index (χ0n) is 11.2. The van der Waals surface area contributed by atoms with E-state index in [0.29, 0.717) is 5.56 Å². The molecule has 1 aromatic carbocycles. The molecule has 7 heteroatoms. The van der Waals surface area contributed by atoms with Crippen LogP contribution < -0.4 is 5.73 Å². The molecule has 1 aromatic rings. The number of hydrogen-bond acceptors (Lipinski definition) is 4. The maximum absolute atomic E-state index is 12.4. The van der Waals surface area contributed by atoms with Crippen molar-refractivity contribution in [2.75, 3.05) is 19.7 Å². The largest absolute Gasteiger partial charge is 0.395 e. The van der Waals surface area contributed by atoms with E-state index in [-0.39, 0.29) is 30.2 Å². The number of sulfonamides is 1. The molecule has 0 radical (unpaired) electrons. The molecular weight excluding hydrogens is 280 g/mol. The maximum atomic E-state index is 12.4. The van der Waals surface area contributed by atoms with Gasteiger partial charge in [-0.05, 0) is 24.6 Å². The maximum Gasteiger partial charge on any atom is 0.249 e. The van der Waals surface area contributed by atoms with Crippen molar-refractivity contribution in [3.05, 3.63) is 42.0 Å². The summed E-state index contributed by atoms with van der Waals surface area (Å²) in [6, 6.07) is 4.18. The summed E-state index contributed by atoms with van der Waals surface area (Å²) in [6.07, 6.45) is 1.43. The molecule has 20 heavy (non-hydrogen) atoms. The van der Waals surface area contributed by atoms with Gasteiger partial charge >= 0.3 is 0 Å². The van der Waals surface area contributed by atoms with Crippen LogP contribution in [0.3, 0.4) is 0 Å². The lowest BCUT2D eigenvalue weighted by molar-refractivity contribution is 0.0999. The third kappa shape index (κ3) is 3.44. The van der Waals surface area contributed by atoms with Gasteiger partial charge in [0.25, 0.3) is 0 Å². The van der Waals surface area contributed by atoms with Crippen LogP contribution in [-0.4, -0.2) is 43.4 Å². The molecule has 3 N–H and O–H groups in total. The number of aryl methyl sites for hydroxylation is 1. The molecule has 0 aromatic heterocycles. The zero-order chi connectivity index (χ0) is 15.3. The second kappa shape index (κ2) is 6.65. The highest BCUT2D eigenvalue weighted by molar-refractivity contribution is 7.89. The molecule has 1 rings (SSSR count). The van der Waals surface area contributed by atoms with E-state index >= 15 is 0 Å². The third-order valence-electron chi connectivity index (χ3n) is 2.79. The number of rotatable bonds is 7. The lowest BCUT2D eigenvalue weighted by Gasteiger charge is -2.20. The number of amides is 1. The van der Waals surface area contributed by atoms with Crippen LogP contribution in [0.2, 0.25) is 0 Å². The number of carbonyl (C=O) groups is 1. The Kier molecular flexibility index (Phi) is 5.43. The Hall–Kier alpha value is -1.70. The second-order valence-electron chi connectivity index (χ2n) is 4.22. The summed E-state index contributed by atoms with van der Waals surface area (Å²) in [5.41, 5.74) is 5.98. The minimum absolute atomic E-state index is 0.0350. The molecule has 110 valence electrons. The van der Waals surface area contributed by atoms with Crippen LogP contribution in [0.5, 0.6) is 0 Å². The molecule has 0 bridgehead atoms. The Morgan fingerprint density at radius 2 is 2.15 bits per heavy atom. The predicted octanol–water partition coefficient (Wildman–Crippen LogP) is 0.263. The number of carbonyl (C=O) groups excluding carboxylic acids is 1. The molecule has 0 aliphatic rings. The van der Waals surface area contributed by atoms with Gasteiger partial charge in [0.15, 0.2) is 0 Å². The van der Waals surface area contributed by atoms with Gasteiger partial charge in [-0.25, -0.2) is 8.42 Å². The molecule has 6 nitrogen and oxygen atoms in total. The lowest BCUT2D eigenvalue weighted by atomic mass is 10.1. The van der Waals surface area contributed by atoms with Crippen molar-refractivity contribution >= 4 is 15.9 Å². The number of nitrogens with two attached hydrogens (primary N) is 1. The summed E-state index contributed by atoms with van der Waals surface area (Å²) in [5.74, 6) is -0.683. The Morgan fingerprint density at radius 1 is 1.50 bits per heavy atom. The number of primary amides is 1. The minimum atomic E-state index is -3.80. The molecular formula is C13H18N2O4S. The van der Waals surface area contributed by atoms with E-state index in [1.807, 2.05) is 0 Å². The van der Waals surface area contributed by atoms with Crippen LogP contribution in [0.25, 0.3) is 0 Å². The average Bonchev–Trinajstić information content (AvgIpc) is 2.38. The first-order valence-electron chi connectivity index (χ1n) is 5.97. The number of aliphatic hydroxyl groups excluding tert-OH is 1. The van der Waals surface area contributed by atoms with E-state index in [0.717, 1.165) is 4.31 Å². The molecule has 0 saturated carbocycles. The second-order valence-corrected chi connectivity index (χ2v) is 6.15. The topological polar surface area (TPSA) is 101 Å². The van der Waals surface area contributed by atoms with Crippen molar-refractivity contribution in [1.82, 2.24) is 4.31 Å². The van der Waals surface area contributed by atoms with Crippen LogP contribution in [0, 0.1) is 6.92 Å². The van der Waals surface area contributed by atoms with Crippen molar-refractivity contribution in [1.29, 1.82) is 0 Å². The molecule has 1 amide bonds. The fourth-order valence-electron chi connectivity index (χ4n) is 1.74. The van der Waals surface area contributed by atoms with Crippen molar-refractivity contribution in [2.45, 2.75) is 11.8 Å². The summed E-state index contributed by atoms with van der Waals surface area (Å²) >= 11 is 0. The van der Waals surface area contributed by atoms with Crippen LogP contribution in [-0.2, 0) is 10.0 Å². The molecule has 0 aliphatic heterocycles. The Bertz CT molecular complexity index is 611. The van der Waals surface area contributed by atoms with Crippen molar-refractivity contribution in [3.8, 4) is 0 Å². The SMILES string of the molecule is C=CCN(CCO)S(=O)(=O)c1ccc(C)c(C(N)=O)c1. The summed E-state index contributed by atoms with van der Waals surface area (Å²) in [4.78, 5) is 11.2. The van der Waals surface area contributed by atoms with Crippen LogP contribution in [0.15, 0.2) is 35.7 Å². The summed E-state index contributed by atoms with van der Waals surface area (Å²) in [7, 11) is -3.80. The van der Waals surface area contributed by atoms with Gasteiger partial charge in [0.1, 0.15) is 0 Å². The normalized spacial score (nSPS) is 11.6. The molecule has 0 heterocycles. The molecule has 0 unspecified atom stereocenters. The van der Waals surface area contributed by atoms with E-state index in [9.17, 15) is 13.2 Å². The first-order valence-corrected chi connectivity index (χ1v) is 7.41. The molecule has 0 aliphatic carbocycles. The van der Waals surface area contributed by atoms with Gasteiger partial charge in [-0.2, -0.15) is 4.31 Å². The predicted molar refractivity (Wildman–Crippen MR) is 75.7 cm³/mol. The van der Waals surface area contributed by atoms with Crippen molar-refractivity contribution in [3.63, 3.8) is 0 Å². The van der Waals surface area contributed by atoms with E-state index < -0.39 is 15.9 Å². The van der Waals surface area contributed by atoms with Gasteiger partial charge in [0, 0.05) is 18.7 Å². The summed E-state index contributed by atoms with van der Waals surface area (Å²) in [5, 5.41) is 8.95. The fourth-order valence-corrected chi connectivity index (χ4v) is 3.17. The highest BCUT2D eigenvalue weighted by Crippen LogP contribution is 2.19. The van der Waals surface area contributed by atoms with Crippen LogP contribution in [0.4, 0.5) is 0 Å². The number of hydrogen-bond donors (Lipinski definition) is 2. The highest BCUT2D eigenvalue weighted by Gasteiger charge is 2.24. The standard InChI is InChI=1S/C13H18N2O4S/c1-3-6-15(7-8-16)20(18,19)11-5-4-10(2)12(9-11)13(14)17/h3-5,9,16H,1,6-8H2,2H3,(H2,14,17). The first-order chi connectivity index (χ1) is 9.34. The van der Waals surface area contributed by atoms with Crippen molar-refractivity contribution < 1.29 is 18.3 Å². The van der Waals surface area contributed by atoms with Gasteiger partial charge < -0.3 is 10.8 Å². The highest BCUT2D eigenvalue weighted by atomic mass is 32.2. The Morgan fingerprint density at radius 3 is 2.65 bits per heavy atom. The van der Waals surface area contributed by atoms with Gasteiger partial charge in [-0.1, -0.05) is 12.1 Å². The number of nitrogens with zero attached hydrogens (tertiary/aromatic N) is 1. The van der Waals surface area contributed by atoms with Gasteiger partial charge in [-0.3, -0.25) is 4.79 Å². The third-order valence-corrected chi connectivity index (χ3v) is 4.66. The Balaban J connectivity index is 3.30. The van der Waals surface area contributed by atoms with Gasteiger partial charge in [0.2, 0.25) is 15.9 Å². The molecule has 0 atom stereocenters. The monoisotopic (exact) mass is 298 g/mol. The molecule has 0 fully saturated rings. The lowest BCUT2D eigenvalue weighted by Crippen LogP contribution is -2.34. The number of aliphatic hydroxyl groups is 1. The zero-order valence-corrected chi connectivity index (χ0v) is 12.1. The molecule has 0 saturated heterocycles. The quantitative estimate of drug-likeness (QED) is 0.705. The van der Waals surface area contributed by atoms with E-state index in [4.69, 9.17) is 10.8 Å². The summed E-state index contributed by atoms with van der Waals surface area (Å²) in [6.45, 7) is 4.88. The first kappa shape index (κ1) is 16.4. The van der Waals surface area contributed by atoms with Gasteiger partial charge in [-0.15, -0.1) is 6.58 Å². The van der Waals surface area contributed by atoms with E-state index in [1.165, 1.54) is 24.3 Å². The van der Waals surface area contributed by atoms with E-state index in [2.05, 4.69) is 6.58 Å². The molecule has 0 spiro atoms. The van der Waals surface area contributed by atoms with Crippen LogP contribution >= 0.6 is 0 Å². The number of benzene rings is 1.